The van der Waals surface area contributed by atoms with Gasteiger partial charge in [0.25, 0.3) is 7.82 Å². The first-order chi connectivity index (χ1) is 43.5. The zero-order valence-electron chi connectivity index (χ0n) is 60.2. The van der Waals surface area contributed by atoms with E-state index in [1.165, 1.54) is 295 Å². The summed E-state index contributed by atoms with van der Waals surface area (Å²) >= 11 is 0. The number of nitrogens with one attached hydrogen (secondary N) is 1. The standard InChI is InChI=1S/C80H153N2O6P/c1-6-8-10-12-14-16-18-20-22-24-26-28-30-32-34-36-37-38-39-40-41-42-43-44-45-46-48-50-52-54-56-58-60-62-64-66-68-70-72-74-80(84)81-78(77-88-89(85,86)87-76-75-82(3,4)5)79(83)73-71-69-67-65-63-61-59-57-55-53-51-49-47-35-33-31-29-27-25-23-21-19-17-15-13-11-9-7-2/h8,10,14,16,20,22,26,28,32,34,78-79,83H,6-7,9,11-13,15,17-19,21,23-25,27,29-31,33,35-77H2,1-5H3,(H-,81,84,85,86)/b10-8-,16-14-,22-20-,28-26-,34-32-. The maximum absolute atomic E-state index is 13.1. The minimum absolute atomic E-state index is 0.0140. The Bertz CT molecular complexity index is 1640. The largest absolute Gasteiger partial charge is 0.756 e. The van der Waals surface area contributed by atoms with Crippen molar-refractivity contribution in [1.82, 2.24) is 5.32 Å². The number of likely N-dealkylation sites (N-methyl/N-ethyl adjacent to an activating group) is 1. The summed E-state index contributed by atoms with van der Waals surface area (Å²) in [5.74, 6) is -0.156. The first-order valence-electron chi connectivity index (χ1n) is 39.1. The number of unbranched alkanes of at least 4 members (excludes halogenated alkanes) is 50. The second-order valence-electron chi connectivity index (χ2n) is 28.0. The van der Waals surface area contributed by atoms with Crippen LogP contribution in [0.5, 0.6) is 0 Å². The van der Waals surface area contributed by atoms with Gasteiger partial charge in [-0.05, 0) is 57.8 Å². The van der Waals surface area contributed by atoms with Gasteiger partial charge in [0, 0.05) is 6.42 Å². The van der Waals surface area contributed by atoms with Crippen molar-refractivity contribution >= 4 is 13.7 Å². The molecule has 0 aliphatic heterocycles. The van der Waals surface area contributed by atoms with E-state index in [0.29, 0.717) is 23.9 Å². The number of aliphatic hydroxyl groups is 1. The SMILES string of the molecule is CC/C=C\C/C=C\C/C=C\C/C=C\C/C=C\CCCCCCCCCCCCCCCCCCCCCCCCCC(=O)NC(COP(=O)([O-])OCC[N+](C)(C)C)C(O)CCCCCCCCCCCCCCCCCCCCCCCCCCCCCC. The molecule has 0 spiro atoms. The summed E-state index contributed by atoms with van der Waals surface area (Å²) in [4.78, 5) is 25.7. The lowest BCUT2D eigenvalue weighted by atomic mass is 10.0. The minimum atomic E-state index is -4.58. The fourth-order valence-corrected chi connectivity index (χ4v) is 12.7. The lowest BCUT2D eigenvalue weighted by molar-refractivity contribution is -0.870. The van der Waals surface area contributed by atoms with Crippen LogP contribution in [-0.2, 0) is 18.4 Å². The summed E-state index contributed by atoms with van der Waals surface area (Å²) in [7, 11) is 1.32. The molecule has 89 heavy (non-hydrogen) atoms. The predicted molar refractivity (Wildman–Crippen MR) is 390 cm³/mol. The van der Waals surface area contributed by atoms with Crippen LogP contribution in [0.3, 0.4) is 0 Å². The van der Waals surface area contributed by atoms with Crippen molar-refractivity contribution in [2.45, 2.75) is 405 Å². The molecule has 0 saturated heterocycles. The molecule has 524 valence electrons. The molecule has 0 rings (SSSR count). The molecule has 0 saturated carbocycles. The highest BCUT2D eigenvalue weighted by Crippen LogP contribution is 2.38. The molecule has 0 aliphatic rings. The van der Waals surface area contributed by atoms with Crippen LogP contribution < -0.4 is 10.2 Å². The summed E-state index contributed by atoms with van der Waals surface area (Å²) in [5, 5.41) is 14.1. The van der Waals surface area contributed by atoms with Crippen LogP contribution >= 0.6 is 7.82 Å². The average Bonchev–Trinajstić information content (AvgIpc) is 3.55. The average molecular weight is 1270 g/mol. The van der Waals surface area contributed by atoms with Crippen molar-refractivity contribution in [3.63, 3.8) is 0 Å². The fourth-order valence-electron chi connectivity index (χ4n) is 12.0. The van der Waals surface area contributed by atoms with Crippen LogP contribution in [0.25, 0.3) is 0 Å². The highest BCUT2D eigenvalue weighted by atomic mass is 31.2. The maximum atomic E-state index is 13.1. The van der Waals surface area contributed by atoms with Crippen LogP contribution in [0.4, 0.5) is 0 Å². The van der Waals surface area contributed by atoms with Gasteiger partial charge in [0.05, 0.1) is 39.9 Å². The van der Waals surface area contributed by atoms with E-state index in [-0.39, 0.29) is 19.1 Å². The zero-order chi connectivity index (χ0) is 64.8. The van der Waals surface area contributed by atoms with Gasteiger partial charge in [0.2, 0.25) is 5.91 Å². The lowest BCUT2D eigenvalue weighted by Gasteiger charge is -2.30. The number of quaternary nitrogens is 1. The van der Waals surface area contributed by atoms with Gasteiger partial charge >= 0.3 is 0 Å². The Morgan fingerprint density at radius 3 is 1.00 bits per heavy atom. The highest BCUT2D eigenvalue weighted by Gasteiger charge is 2.24. The molecule has 8 nitrogen and oxygen atoms in total. The Morgan fingerprint density at radius 2 is 0.685 bits per heavy atom. The molecule has 0 bridgehead atoms. The third-order valence-corrected chi connectivity index (χ3v) is 19.0. The summed E-state index contributed by atoms with van der Waals surface area (Å²) < 4.78 is 23.6. The van der Waals surface area contributed by atoms with E-state index in [4.69, 9.17) is 9.05 Å². The van der Waals surface area contributed by atoms with Crippen molar-refractivity contribution in [3.05, 3.63) is 60.8 Å². The van der Waals surface area contributed by atoms with E-state index >= 15 is 0 Å². The van der Waals surface area contributed by atoms with Gasteiger partial charge in [0.15, 0.2) is 0 Å². The van der Waals surface area contributed by atoms with Crippen molar-refractivity contribution in [2.75, 3.05) is 40.9 Å². The third kappa shape index (κ3) is 73.5. The zero-order valence-corrected chi connectivity index (χ0v) is 61.0. The number of nitrogens with zero attached hydrogens (tertiary/aromatic N) is 1. The van der Waals surface area contributed by atoms with E-state index in [0.717, 1.165) is 70.6 Å². The van der Waals surface area contributed by atoms with Gasteiger partial charge in [-0.1, -0.05) is 389 Å². The summed E-state index contributed by atoms with van der Waals surface area (Å²) in [6.45, 7) is 4.67. The second-order valence-corrected chi connectivity index (χ2v) is 29.5. The summed E-state index contributed by atoms with van der Waals surface area (Å²) in [6, 6.07) is -0.802. The minimum Gasteiger partial charge on any atom is -0.756 e. The van der Waals surface area contributed by atoms with Crippen LogP contribution in [-0.4, -0.2) is 68.5 Å². The van der Waals surface area contributed by atoms with Gasteiger partial charge in [0.1, 0.15) is 13.2 Å². The molecule has 0 aromatic rings. The summed E-state index contributed by atoms with van der Waals surface area (Å²) in [5.41, 5.74) is 0. The predicted octanol–water partition coefficient (Wildman–Crippen LogP) is 24.9. The van der Waals surface area contributed by atoms with Crippen LogP contribution in [0.2, 0.25) is 0 Å². The van der Waals surface area contributed by atoms with Crippen LogP contribution in [0.1, 0.15) is 393 Å². The number of aliphatic hydroxyl groups excluding tert-OH is 1. The Kier molecular flexibility index (Phi) is 69.1. The van der Waals surface area contributed by atoms with Crippen molar-refractivity contribution in [1.29, 1.82) is 0 Å². The molecule has 9 heteroatoms. The van der Waals surface area contributed by atoms with Crippen molar-refractivity contribution in [2.24, 2.45) is 0 Å². The van der Waals surface area contributed by atoms with Crippen molar-refractivity contribution < 1.29 is 32.9 Å². The van der Waals surface area contributed by atoms with E-state index in [1.54, 1.807) is 0 Å². The molecule has 0 heterocycles. The second kappa shape index (κ2) is 70.5. The first-order valence-corrected chi connectivity index (χ1v) is 40.6. The first kappa shape index (κ1) is 87.2. The topological polar surface area (TPSA) is 108 Å². The number of amides is 1. The number of carbonyl (C=O) groups excluding carboxylic acids is 1. The van der Waals surface area contributed by atoms with Crippen molar-refractivity contribution in [3.8, 4) is 0 Å². The molecule has 0 radical (unpaired) electrons. The number of rotatable bonds is 73. The molecule has 2 N–H and O–H groups in total. The molecular formula is C80H153N2O6P. The Balaban J connectivity index is 3.92. The van der Waals surface area contributed by atoms with Gasteiger partial charge in [-0.2, -0.15) is 0 Å². The molecule has 1 amide bonds. The van der Waals surface area contributed by atoms with Crippen LogP contribution in [0, 0.1) is 0 Å². The van der Waals surface area contributed by atoms with Gasteiger partial charge in [-0.3, -0.25) is 9.36 Å². The fraction of sp³-hybridized carbons (Fsp3) is 0.863. The normalized spacial score (nSPS) is 13.8. The maximum Gasteiger partial charge on any atom is 0.268 e. The lowest BCUT2D eigenvalue weighted by Crippen LogP contribution is -2.46. The van der Waals surface area contributed by atoms with E-state index in [1.807, 2.05) is 21.1 Å². The molecule has 0 aromatic heterocycles. The number of hydrogen-bond donors (Lipinski definition) is 2. The van der Waals surface area contributed by atoms with E-state index in [2.05, 4.69) is 79.9 Å². The number of phosphoric acid groups is 1. The molecule has 3 unspecified atom stereocenters. The van der Waals surface area contributed by atoms with E-state index < -0.39 is 20.0 Å². The van der Waals surface area contributed by atoms with Crippen LogP contribution in [0.15, 0.2) is 60.8 Å². The van der Waals surface area contributed by atoms with E-state index in [9.17, 15) is 19.4 Å². The van der Waals surface area contributed by atoms with Gasteiger partial charge in [-0.15, -0.1) is 0 Å². The third-order valence-electron chi connectivity index (χ3n) is 18.0. The number of phosphoric ester groups is 1. The Morgan fingerprint density at radius 1 is 0.404 bits per heavy atom. The monoisotopic (exact) mass is 1270 g/mol. The smallest absolute Gasteiger partial charge is 0.268 e. The highest BCUT2D eigenvalue weighted by molar-refractivity contribution is 7.45. The Hall–Kier alpha value is -1.80. The Labute approximate surface area is 555 Å². The number of carbonyl (C=O) groups is 1. The quantitative estimate of drug-likeness (QED) is 0.0272. The van der Waals surface area contributed by atoms with Gasteiger partial charge in [-0.25, -0.2) is 0 Å². The summed E-state index contributed by atoms with van der Waals surface area (Å²) in [6.07, 6.45) is 97.6. The molecule has 0 aromatic carbocycles. The van der Waals surface area contributed by atoms with Gasteiger partial charge < -0.3 is 28.8 Å². The number of hydrogen-bond acceptors (Lipinski definition) is 6. The molecule has 0 fully saturated rings. The molecule has 3 atom stereocenters. The molecular weight excluding hydrogens is 1120 g/mol. The number of allylic oxidation sites excluding steroid dienone is 10. The molecule has 0 aliphatic carbocycles.